The van der Waals surface area contributed by atoms with Crippen LogP contribution in [0.4, 0.5) is 0 Å². The van der Waals surface area contributed by atoms with Crippen LogP contribution in [-0.4, -0.2) is 23.4 Å². The second-order valence-corrected chi connectivity index (χ2v) is 7.55. The van der Waals surface area contributed by atoms with Gasteiger partial charge in [-0.15, -0.1) is 0 Å². The molecule has 0 atom stereocenters. The van der Waals surface area contributed by atoms with Gasteiger partial charge < -0.3 is 14.8 Å². The van der Waals surface area contributed by atoms with Crippen LogP contribution < -0.4 is 14.8 Å². The quantitative estimate of drug-likeness (QED) is 0.412. The monoisotopic (exact) mass is 405 g/mol. The fourth-order valence-electron chi connectivity index (χ4n) is 2.26. The highest BCUT2D eigenvalue weighted by atomic mass is 35.5. The first-order valence-electron chi connectivity index (χ1n) is 7.97. The van der Waals surface area contributed by atoms with Gasteiger partial charge in [-0.1, -0.05) is 53.8 Å². The minimum Gasteiger partial charge on any atom is -0.493 e. The molecule has 2 aromatic rings. The van der Waals surface area contributed by atoms with Crippen molar-refractivity contribution in [2.24, 2.45) is 0 Å². The average Bonchev–Trinajstić information content (AvgIpc) is 2.95. The van der Waals surface area contributed by atoms with Crippen molar-refractivity contribution >= 4 is 51.9 Å². The largest absolute Gasteiger partial charge is 0.493 e. The highest BCUT2D eigenvalue weighted by Crippen LogP contribution is 2.29. The molecule has 0 aliphatic carbocycles. The highest BCUT2D eigenvalue weighted by Gasteiger charge is 2.22. The fourth-order valence-corrected chi connectivity index (χ4v) is 3.42. The van der Waals surface area contributed by atoms with Gasteiger partial charge in [-0.3, -0.25) is 4.79 Å². The maximum Gasteiger partial charge on any atom is 0.263 e. The molecule has 0 unspecified atom stereocenters. The Labute approximate surface area is 166 Å². The molecule has 1 aliphatic heterocycles. The average molecular weight is 406 g/mol. The summed E-state index contributed by atoms with van der Waals surface area (Å²) in [4.78, 5) is 12.4. The highest BCUT2D eigenvalue weighted by molar-refractivity contribution is 8.26. The van der Waals surface area contributed by atoms with Gasteiger partial charge >= 0.3 is 0 Å². The number of nitrogens with one attached hydrogen (secondary N) is 1. The van der Waals surface area contributed by atoms with Crippen LogP contribution in [0.25, 0.3) is 6.08 Å². The Bertz CT molecular complexity index is 837. The van der Waals surface area contributed by atoms with Gasteiger partial charge in [0.15, 0.2) is 0 Å². The van der Waals surface area contributed by atoms with Crippen LogP contribution in [0, 0.1) is 0 Å². The lowest BCUT2D eigenvalue weighted by molar-refractivity contribution is -0.115. The number of carbonyl (C=O) groups is 1. The number of hydrogen-bond donors (Lipinski definition) is 1. The van der Waals surface area contributed by atoms with E-state index < -0.39 is 0 Å². The van der Waals surface area contributed by atoms with E-state index in [1.807, 2.05) is 36.4 Å². The third-order valence-corrected chi connectivity index (χ3v) is 4.89. The third kappa shape index (κ3) is 5.24. The number of amides is 1. The molecule has 2 aromatic carbocycles. The molecule has 0 radical (unpaired) electrons. The number of carbonyl (C=O) groups excluding carboxylic acids is 1. The second kappa shape index (κ2) is 9.07. The molecule has 3 rings (SSSR count). The molecule has 1 N–H and O–H groups in total. The van der Waals surface area contributed by atoms with E-state index in [2.05, 4.69) is 5.32 Å². The van der Waals surface area contributed by atoms with Crippen LogP contribution in [0.1, 0.15) is 12.0 Å². The Balaban J connectivity index is 1.52. The Morgan fingerprint density at radius 3 is 2.54 bits per heavy atom. The van der Waals surface area contributed by atoms with Crippen LogP contribution in [0.3, 0.4) is 0 Å². The van der Waals surface area contributed by atoms with E-state index in [-0.39, 0.29) is 5.91 Å². The Kier molecular flexibility index (Phi) is 6.55. The van der Waals surface area contributed by atoms with Crippen molar-refractivity contribution in [3.05, 3.63) is 64.0 Å². The van der Waals surface area contributed by atoms with Crippen molar-refractivity contribution in [3.63, 3.8) is 0 Å². The molecule has 1 saturated heterocycles. The SMILES string of the molecule is O=C1NC(=S)SC1=Cc1ccccc1OCCCOc1ccc(Cl)cc1. The molecule has 1 heterocycles. The van der Waals surface area contributed by atoms with Gasteiger partial charge in [-0.05, 0) is 36.4 Å². The van der Waals surface area contributed by atoms with E-state index in [0.717, 1.165) is 23.5 Å². The van der Waals surface area contributed by atoms with Crippen molar-refractivity contribution in [3.8, 4) is 11.5 Å². The van der Waals surface area contributed by atoms with Crippen LogP contribution in [0.5, 0.6) is 11.5 Å². The van der Waals surface area contributed by atoms with Gasteiger partial charge in [0.1, 0.15) is 15.8 Å². The molecule has 0 saturated carbocycles. The van der Waals surface area contributed by atoms with Gasteiger partial charge in [0, 0.05) is 17.0 Å². The molecular weight excluding hydrogens is 390 g/mol. The molecule has 1 amide bonds. The Morgan fingerprint density at radius 1 is 1.08 bits per heavy atom. The van der Waals surface area contributed by atoms with Gasteiger partial charge in [0.25, 0.3) is 5.91 Å². The van der Waals surface area contributed by atoms with Crippen molar-refractivity contribution in [1.29, 1.82) is 0 Å². The van der Waals surface area contributed by atoms with E-state index >= 15 is 0 Å². The summed E-state index contributed by atoms with van der Waals surface area (Å²) in [6, 6.07) is 14.8. The first kappa shape index (κ1) is 18.8. The van der Waals surface area contributed by atoms with Crippen LogP contribution in [0.2, 0.25) is 5.02 Å². The zero-order chi connectivity index (χ0) is 18.4. The maximum atomic E-state index is 11.8. The lowest BCUT2D eigenvalue weighted by Crippen LogP contribution is -2.17. The second-order valence-electron chi connectivity index (χ2n) is 5.39. The molecular formula is C19H16ClNO3S2. The predicted octanol–water partition coefficient (Wildman–Crippen LogP) is 4.68. The number of para-hydroxylation sites is 1. The summed E-state index contributed by atoms with van der Waals surface area (Å²) in [6.07, 6.45) is 2.52. The summed E-state index contributed by atoms with van der Waals surface area (Å²) in [7, 11) is 0. The summed E-state index contributed by atoms with van der Waals surface area (Å²) >= 11 is 12.1. The molecule has 26 heavy (non-hydrogen) atoms. The van der Waals surface area contributed by atoms with E-state index in [1.54, 1.807) is 18.2 Å². The summed E-state index contributed by atoms with van der Waals surface area (Å²) in [5.41, 5.74) is 0.841. The zero-order valence-electron chi connectivity index (χ0n) is 13.7. The topological polar surface area (TPSA) is 47.6 Å². The maximum absolute atomic E-state index is 11.8. The smallest absolute Gasteiger partial charge is 0.263 e. The number of thiocarbonyl (C=S) groups is 1. The minimum atomic E-state index is -0.175. The zero-order valence-corrected chi connectivity index (χ0v) is 16.1. The first-order chi connectivity index (χ1) is 12.6. The first-order valence-corrected chi connectivity index (χ1v) is 9.57. The lowest BCUT2D eigenvalue weighted by Gasteiger charge is -2.10. The molecule has 0 aromatic heterocycles. The normalized spacial score (nSPS) is 15.2. The minimum absolute atomic E-state index is 0.175. The number of halogens is 1. The van der Waals surface area contributed by atoms with E-state index in [1.165, 1.54) is 11.8 Å². The van der Waals surface area contributed by atoms with Gasteiger partial charge in [0.2, 0.25) is 0 Å². The Hall–Kier alpha value is -2.02. The third-order valence-electron chi connectivity index (χ3n) is 3.48. The molecule has 0 bridgehead atoms. The molecule has 134 valence electrons. The summed E-state index contributed by atoms with van der Waals surface area (Å²) < 4.78 is 12.0. The fraction of sp³-hybridized carbons (Fsp3) is 0.158. The molecule has 1 aliphatic rings. The standard InChI is InChI=1S/C19H16ClNO3S2/c20-14-6-8-15(9-7-14)23-10-3-11-24-16-5-2-1-4-13(16)12-17-18(22)21-19(25)26-17/h1-2,4-9,12H,3,10-11H2,(H,21,22,25). The van der Waals surface area contributed by atoms with Crippen LogP contribution in [-0.2, 0) is 4.79 Å². The number of hydrogen-bond acceptors (Lipinski definition) is 5. The van der Waals surface area contributed by atoms with Crippen molar-refractivity contribution in [2.75, 3.05) is 13.2 Å². The van der Waals surface area contributed by atoms with E-state index in [0.29, 0.717) is 27.5 Å². The summed E-state index contributed by atoms with van der Waals surface area (Å²) in [5.74, 6) is 1.32. The van der Waals surface area contributed by atoms with Gasteiger partial charge in [-0.25, -0.2) is 0 Å². The molecule has 7 heteroatoms. The van der Waals surface area contributed by atoms with Crippen LogP contribution in [0.15, 0.2) is 53.4 Å². The van der Waals surface area contributed by atoms with Crippen LogP contribution >= 0.6 is 35.6 Å². The van der Waals surface area contributed by atoms with Crippen molar-refractivity contribution in [1.82, 2.24) is 5.32 Å². The van der Waals surface area contributed by atoms with Gasteiger partial charge in [-0.2, -0.15) is 0 Å². The molecule has 0 spiro atoms. The number of benzene rings is 2. The van der Waals surface area contributed by atoms with Gasteiger partial charge in [0.05, 0.1) is 18.1 Å². The Morgan fingerprint density at radius 2 is 1.81 bits per heavy atom. The summed E-state index contributed by atoms with van der Waals surface area (Å²) in [5, 5.41) is 3.29. The van der Waals surface area contributed by atoms with E-state index in [4.69, 9.17) is 33.3 Å². The van der Waals surface area contributed by atoms with Crippen molar-refractivity contribution < 1.29 is 14.3 Å². The molecule has 1 fully saturated rings. The lowest BCUT2D eigenvalue weighted by atomic mass is 10.2. The number of ether oxygens (including phenoxy) is 2. The predicted molar refractivity (Wildman–Crippen MR) is 110 cm³/mol. The number of thioether (sulfide) groups is 1. The summed E-state index contributed by atoms with van der Waals surface area (Å²) in [6.45, 7) is 1.04. The molecule has 4 nitrogen and oxygen atoms in total. The number of rotatable bonds is 7. The van der Waals surface area contributed by atoms with Crippen molar-refractivity contribution in [2.45, 2.75) is 6.42 Å². The van der Waals surface area contributed by atoms with E-state index in [9.17, 15) is 4.79 Å².